The fourth-order valence-electron chi connectivity index (χ4n) is 2.55. The SMILES string of the molecule is COCC(O)CCNC1CCc2c(F)cc(Br)cc21. The average molecular weight is 332 g/mol. The highest BCUT2D eigenvalue weighted by atomic mass is 79.9. The molecule has 1 aliphatic carbocycles. The normalized spacial score (nSPS) is 19.5. The van der Waals surface area contributed by atoms with Crippen LogP contribution in [0.2, 0.25) is 0 Å². The number of hydrogen-bond donors (Lipinski definition) is 2. The van der Waals surface area contributed by atoms with Crippen molar-refractivity contribution < 1.29 is 14.2 Å². The second-order valence-electron chi connectivity index (χ2n) is 4.90. The van der Waals surface area contributed by atoms with Gasteiger partial charge in [-0.3, -0.25) is 0 Å². The summed E-state index contributed by atoms with van der Waals surface area (Å²) in [6.45, 7) is 1.05. The lowest BCUT2D eigenvalue weighted by Gasteiger charge is -2.16. The molecular weight excluding hydrogens is 313 g/mol. The molecular formula is C14H19BrFNO2. The molecule has 3 nitrogen and oxygen atoms in total. The van der Waals surface area contributed by atoms with Crippen LogP contribution in [-0.4, -0.2) is 31.5 Å². The van der Waals surface area contributed by atoms with Gasteiger partial charge in [0, 0.05) is 17.6 Å². The van der Waals surface area contributed by atoms with E-state index < -0.39 is 6.10 Å². The van der Waals surface area contributed by atoms with Crippen molar-refractivity contribution in [1.29, 1.82) is 0 Å². The van der Waals surface area contributed by atoms with Crippen molar-refractivity contribution in [2.75, 3.05) is 20.3 Å². The van der Waals surface area contributed by atoms with Gasteiger partial charge in [-0.25, -0.2) is 4.39 Å². The summed E-state index contributed by atoms with van der Waals surface area (Å²) < 4.78 is 19.4. The smallest absolute Gasteiger partial charge is 0.127 e. The van der Waals surface area contributed by atoms with Crippen LogP contribution in [0.1, 0.15) is 30.0 Å². The zero-order valence-electron chi connectivity index (χ0n) is 11.0. The fourth-order valence-corrected chi connectivity index (χ4v) is 3.00. The number of benzene rings is 1. The van der Waals surface area contributed by atoms with Gasteiger partial charge >= 0.3 is 0 Å². The zero-order chi connectivity index (χ0) is 13.8. The van der Waals surface area contributed by atoms with E-state index in [1.807, 2.05) is 6.07 Å². The van der Waals surface area contributed by atoms with E-state index in [1.54, 1.807) is 7.11 Å². The molecule has 0 spiro atoms. The molecule has 19 heavy (non-hydrogen) atoms. The highest BCUT2D eigenvalue weighted by Gasteiger charge is 2.25. The molecule has 0 amide bonds. The van der Waals surface area contributed by atoms with E-state index in [0.29, 0.717) is 19.6 Å². The molecule has 0 fully saturated rings. The number of nitrogens with one attached hydrogen (secondary N) is 1. The van der Waals surface area contributed by atoms with E-state index in [0.717, 1.165) is 28.4 Å². The number of halogens is 2. The topological polar surface area (TPSA) is 41.5 Å². The highest BCUT2D eigenvalue weighted by Crippen LogP contribution is 2.35. The molecule has 0 heterocycles. The van der Waals surface area contributed by atoms with E-state index in [4.69, 9.17) is 4.74 Å². The molecule has 0 saturated heterocycles. The molecule has 0 aromatic heterocycles. The number of hydrogen-bond acceptors (Lipinski definition) is 3. The molecule has 0 bridgehead atoms. The molecule has 0 aliphatic heterocycles. The van der Waals surface area contributed by atoms with Crippen LogP contribution in [0.4, 0.5) is 4.39 Å². The predicted molar refractivity (Wildman–Crippen MR) is 75.7 cm³/mol. The minimum absolute atomic E-state index is 0.131. The van der Waals surface area contributed by atoms with Gasteiger partial charge in [-0.05, 0) is 49.1 Å². The summed E-state index contributed by atoms with van der Waals surface area (Å²) >= 11 is 3.33. The van der Waals surface area contributed by atoms with Crippen LogP contribution >= 0.6 is 15.9 Å². The molecule has 2 rings (SSSR count). The third-order valence-corrected chi connectivity index (χ3v) is 3.94. The Kier molecular flexibility index (Phi) is 5.33. The fraction of sp³-hybridized carbons (Fsp3) is 0.571. The summed E-state index contributed by atoms with van der Waals surface area (Å²) in [4.78, 5) is 0. The van der Waals surface area contributed by atoms with Gasteiger partial charge in [0.25, 0.3) is 0 Å². The second kappa shape index (κ2) is 6.79. The first-order chi connectivity index (χ1) is 9.11. The number of aliphatic hydroxyl groups is 1. The minimum atomic E-state index is -0.447. The molecule has 2 unspecified atom stereocenters. The number of ether oxygens (including phenoxy) is 1. The van der Waals surface area contributed by atoms with E-state index in [2.05, 4.69) is 21.2 Å². The largest absolute Gasteiger partial charge is 0.391 e. The van der Waals surface area contributed by atoms with Crippen LogP contribution in [0.25, 0.3) is 0 Å². The van der Waals surface area contributed by atoms with Gasteiger partial charge < -0.3 is 15.2 Å². The van der Waals surface area contributed by atoms with Gasteiger partial charge in [0.05, 0.1) is 12.7 Å². The van der Waals surface area contributed by atoms with Gasteiger partial charge in [0.1, 0.15) is 5.82 Å². The summed E-state index contributed by atoms with van der Waals surface area (Å²) in [5.41, 5.74) is 1.85. The third-order valence-electron chi connectivity index (χ3n) is 3.48. The van der Waals surface area contributed by atoms with Crippen molar-refractivity contribution in [2.45, 2.75) is 31.4 Å². The van der Waals surface area contributed by atoms with Gasteiger partial charge in [-0.15, -0.1) is 0 Å². The maximum atomic E-state index is 13.8. The molecule has 5 heteroatoms. The Labute approximate surface area is 121 Å². The van der Waals surface area contributed by atoms with Gasteiger partial charge in [-0.1, -0.05) is 15.9 Å². The van der Waals surface area contributed by atoms with Crippen molar-refractivity contribution >= 4 is 15.9 Å². The summed E-state index contributed by atoms with van der Waals surface area (Å²) in [6, 6.07) is 3.68. The molecule has 1 aromatic rings. The van der Waals surface area contributed by atoms with Gasteiger partial charge in [-0.2, -0.15) is 0 Å². The van der Waals surface area contributed by atoms with Gasteiger partial charge in [0.15, 0.2) is 0 Å². The van der Waals surface area contributed by atoms with Crippen LogP contribution in [0.15, 0.2) is 16.6 Å². The first kappa shape index (κ1) is 14.9. The average Bonchev–Trinajstić information content (AvgIpc) is 2.73. The molecule has 2 N–H and O–H groups in total. The van der Waals surface area contributed by atoms with E-state index in [1.165, 1.54) is 6.07 Å². The number of fused-ring (bicyclic) bond motifs is 1. The van der Waals surface area contributed by atoms with Crippen molar-refractivity contribution in [1.82, 2.24) is 5.32 Å². The summed E-state index contributed by atoms with van der Waals surface area (Å²) in [5, 5.41) is 13.0. The maximum absolute atomic E-state index is 13.8. The number of methoxy groups -OCH3 is 1. The Hall–Kier alpha value is -0.490. The molecule has 1 aliphatic rings. The van der Waals surface area contributed by atoms with Crippen LogP contribution < -0.4 is 5.32 Å². The lowest BCUT2D eigenvalue weighted by Crippen LogP contribution is -2.25. The molecule has 106 valence electrons. The lowest BCUT2D eigenvalue weighted by atomic mass is 10.1. The summed E-state index contributed by atoms with van der Waals surface area (Å²) in [5.74, 6) is -0.131. The van der Waals surface area contributed by atoms with E-state index in [-0.39, 0.29) is 11.9 Å². The Morgan fingerprint density at radius 2 is 2.37 bits per heavy atom. The first-order valence-electron chi connectivity index (χ1n) is 6.50. The Morgan fingerprint density at radius 3 is 3.11 bits per heavy atom. The molecule has 0 radical (unpaired) electrons. The number of aliphatic hydroxyl groups excluding tert-OH is 1. The molecule has 1 aromatic carbocycles. The van der Waals surface area contributed by atoms with Crippen LogP contribution in [0, 0.1) is 5.82 Å². The monoisotopic (exact) mass is 331 g/mol. The van der Waals surface area contributed by atoms with Crippen molar-refractivity contribution in [3.63, 3.8) is 0 Å². The summed E-state index contributed by atoms with van der Waals surface area (Å²) in [7, 11) is 1.57. The Bertz CT molecular complexity index is 442. The highest BCUT2D eigenvalue weighted by molar-refractivity contribution is 9.10. The predicted octanol–water partition coefficient (Wildman–Crippen LogP) is 2.56. The van der Waals surface area contributed by atoms with Crippen molar-refractivity contribution in [3.05, 3.63) is 33.5 Å². The third kappa shape index (κ3) is 3.75. The Balaban J connectivity index is 1.92. The molecule has 2 atom stereocenters. The van der Waals surface area contributed by atoms with E-state index in [9.17, 15) is 9.50 Å². The lowest BCUT2D eigenvalue weighted by molar-refractivity contribution is 0.0590. The summed E-state index contributed by atoms with van der Waals surface area (Å²) in [6.07, 6.45) is 1.86. The van der Waals surface area contributed by atoms with Crippen LogP contribution in [0.5, 0.6) is 0 Å². The van der Waals surface area contributed by atoms with E-state index >= 15 is 0 Å². The standard InChI is InChI=1S/C14H19BrFNO2/c1-19-8-10(18)4-5-17-14-3-2-11-12(14)6-9(15)7-13(11)16/h6-7,10,14,17-18H,2-5,8H2,1H3. The quantitative estimate of drug-likeness (QED) is 0.841. The second-order valence-corrected chi connectivity index (χ2v) is 5.81. The maximum Gasteiger partial charge on any atom is 0.127 e. The zero-order valence-corrected chi connectivity index (χ0v) is 12.5. The van der Waals surface area contributed by atoms with Crippen molar-refractivity contribution in [2.24, 2.45) is 0 Å². The van der Waals surface area contributed by atoms with Crippen LogP contribution in [0.3, 0.4) is 0 Å². The van der Waals surface area contributed by atoms with Crippen LogP contribution in [-0.2, 0) is 11.2 Å². The number of rotatable bonds is 6. The first-order valence-corrected chi connectivity index (χ1v) is 7.29. The van der Waals surface area contributed by atoms with Gasteiger partial charge in [0.2, 0.25) is 0 Å². The van der Waals surface area contributed by atoms with Crippen molar-refractivity contribution in [3.8, 4) is 0 Å². The minimum Gasteiger partial charge on any atom is -0.391 e. The Morgan fingerprint density at radius 1 is 1.58 bits per heavy atom. The molecule has 0 saturated carbocycles.